The molecule has 1 aromatic heterocycles. The molecule has 1 N–H and O–H groups in total. The molecular weight excluding hydrogens is 414 g/mol. The maximum absolute atomic E-state index is 12.2. The van der Waals surface area contributed by atoms with Crippen LogP contribution in [0.4, 0.5) is 0 Å². The van der Waals surface area contributed by atoms with Gasteiger partial charge in [-0.3, -0.25) is 14.5 Å². The molecule has 2 heterocycles. The number of hydrogen-bond donors (Lipinski definition) is 1. The van der Waals surface area contributed by atoms with Crippen molar-refractivity contribution in [1.82, 2.24) is 4.90 Å². The molecular formula is C16H10BrNO4S2. The Kier molecular flexibility index (Phi) is 4.88. The summed E-state index contributed by atoms with van der Waals surface area (Å²) in [5, 5.41) is 8.83. The fourth-order valence-electron chi connectivity index (χ4n) is 2.13. The fourth-order valence-corrected chi connectivity index (χ4v) is 3.76. The topological polar surface area (TPSA) is 70.8 Å². The summed E-state index contributed by atoms with van der Waals surface area (Å²) in [4.78, 5) is 24.4. The lowest BCUT2D eigenvalue weighted by Gasteiger charge is -2.09. The molecule has 1 aliphatic heterocycles. The van der Waals surface area contributed by atoms with Gasteiger partial charge in [0.1, 0.15) is 22.4 Å². The summed E-state index contributed by atoms with van der Waals surface area (Å²) in [6.45, 7) is -0.441. The van der Waals surface area contributed by atoms with E-state index in [0.29, 0.717) is 16.4 Å². The third kappa shape index (κ3) is 3.61. The van der Waals surface area contributed by atoms with Gasteiger partial charge in [0.15, 0.2) is 0 Å². The number of nitrogens with zero attached hydrogens (tertiary/aromatic N) is 1. The van der Waals surface area contributed by atoms with E-state index in [4.69, 9.17) is 21.7 Å². The molecule has 1 amide bonds. The van der Waals surface area contributed by atoms with Crippen LogP contribution in [0.1, 0.15) is 5.76 Å². The van der Waals surface area contributed by atoms with Gasteiger partial charge < -0.3 is 9.52 Å². The Labute approximate surface area is 155 Å². The van der Waals surface area contributed by atoms with Crippen LogP contribution in [0.3, 0.4) is 0 Å². The highest BCUT2D eigenvalue weighted by Crippen LogP contribution is 2.33. The molecule has 8 heteroatoms. The standard InChI is InChI=1S/C16H10BrNO4S2/c17-10-3-1-2-9(6-10)12-5-4-11(22-12)7-13-15(21)18(8-14(19)20)16(23)24-13/h1-7H,8H2,(H,19,20). The van der Waals surface area contributed by atoms with E-state index in [-0.39, 0.29) is 4.32 Å². The van der Waals surface area contributed by atoms with Crippen LogP contribution in [-0.2, 0) is 9.59 Å². The molecule has 0 saturated carbocycles. The zero-order valence-corrected chi connectivity index (χ0v) is 15.3. The summed E-state index contributed by atoms with van der Waals surface area (Å²) in [5.74, 6) is -0.361. The molecule has 0 unspecified atom stereocenters. The molecule has 0 spiro atoms. The molecule has 122 valence electrons. The molecule has 1 fully saturated rings. The lowest BCUT2D eigenvalue weighted by Crippen LogP contribution is -2.33. The maximum Gasteiger partial charge on any atom is 0.323 e. The van der Waals surface area contributed by atoms with E-state index in [1.807, 2.05) is 30.3 Å². The Balaban J connectivity index is 1.84. The van der Waals surface area contributed by atoms with Gasteiger partial charge in [-0.25, -0.2) is 0 Å². The van der Waals surface area contributed by atoms with Crippen LogP contribution in [0.25, 0.3) is 17.4 Å². The highest BCUT2D eigenvalue weighted by Gasteiger charge is 2.33. The lowest BCUT2D eigenvalue weighted by molar-refractivity contribution is -0.140. The maximum atomic E-state index is 12.2. The normalized spacial score (nSPS) is 16.2. The number of rotatable bonds is 4. The van der Waals surface area contributed by atoms with Crippen LogP contribution in [0.5, 0.6) is 0 Å². The minimum absolute atomic E-state index is 0.229. The molecule has 1 aliphatic rings. The van der Waals surface area contributed by atoms with Gasteiger partial charge in [0.25, 0.3) is 5.91 Å². The summed E-state index contributed by atoms with van der Waals surface area (Å²) in [7, 11) is 0. The third-order valence-corrected chi connectivity index (χ3v) is 5.05. The van der Waals surface area contributed by atoms with E-state index < -0.39 is 18.4 Å². The van der Waals surface area contributed by atoms with Crippen LogP contribution < -0.4 is 0 Å². The van der Waals surface area contributed by atoms with Crippen molar-refractivity contribution in [3.63, 3.8) is 0 Å². The SMILES string of the molecule is O=C(O)CN1C(=O)C(=Cc2ccc(-c3cccc(Br)c3)o2)SC1=S. The summed E-state index contributed by atoms with van der Waals surface area (Å²) >= 11 is 9.53. The third-order valence-electron chi connectivity index (χ3n) is 3.18. The Hall–Kier alpha value is -1.90. The number of halogens is 1. The largest absolute Gasteiger partial charge is 0.480 e. The number of thioether (sulfide) groups is 1. The van der Waals surface area contributed by atoms with Gasteiger partial charge >= 0.3 is 5.97 Å². The molecule has 2 aromatic rings. The van der Waals surface area contributed by atoms with Gasteiger partial charge in [0, 0.05) is 16.1 Å². The van der Waals surface area contributed by atoms with Gasteiger partial charge in [-0.2, -0.15) is 0 Å². The number of thiocarbonyl (C=S) groups is 1. The molecule has 1 aromatic carbocycles. The van der Waals surface area contributed by atoms with Crippen molar-refractivity contribution in [2.24, 2.45) is 0 Å². The van der Waals surface area contributed by atoms with E-state index in [9.17, 15) is 9.59 Å². The number of carboxylic acid groups (broad SMARTS) is 1. The van der Waals surface area contributed by atoms with Gasteiger partial charge in [0.2, 0.25) is 0 Å². The first-order valence-electron chi connectivity index (χ1n) is 6.77. The highest BCUT2D eigenvalue weighted by molar-refractivity contribution is 9.10. The number of benzene rings is 1. The smallest absolute Gasteiger partial charge is 0.323 e. The van der Waals surface area contributed by atoms with Crippen molar-refractivity contribution in [3.8, 4) is 11.3 Å². The summed E-state index contributed by atoms with van der Waals surface area (Å²) in [5.41, 5.74) is 0.905. The number of carboxylic acids is 1. The predicted molar refractivity (Wildman–Crippen MR) is 99.4 cm³/mol. The minimum Gasteiger partial charge on any atom is -0.480 e. The average molecular weight is 424 g/mol. The summed E-state index contributed by atoms with van der Waals surface area (Å²) in [6, 6.07) is 11.2. The van der Waals surface area contributed by atoms with E-state index in [0.717, 1.165) is 26.7 Å². The molecule has 0 bridgehead atoms. The van der Waals surface area contributed by atoms with Gasteiger partial charge in [-0.15, -0.1) is 0 Å². The Morgan fingerprint density at radius 1 is 1.38 bits per heavy atom. The second kappa shape index (κ2) is 6.92. The monoisotopic (exact) mass is 423 g/mol. The highest BCUT2D eigenvalue weighted by atomic mass is 79.9. The average Bonchev–Trinajstić information content (AvgIpc) is 3.08. The van der Waals surface area contributed by atoms with Crippen LogP contribution in [0, 0.1) is 0 Å². The van der Waals surface area contributed by atoms with E-state index in [1.54, 1.807) is 12.1 Å². The number of carbonyl (C=O) groups excluding carboxylic acids is 1. The first kappa shape index (κ1) is 16.9. The molecule has 1 saturated heterocycles. The van der Waals surface area contributed by atoms with Crippen molar-refractivity contribution >= 4 is 62.2 Å². The lowest BCUT2D eigenvalue weighted by atomic mass is 10.2. The van der Waals surface area contributed by atoms with Crippen molar-refractivity contribution in [1.29, 1.82) is 0 Å². The van der Waals surface area contributed by atoms with Crippen LogP contribution in [0.2, 0.25) is 0 Å². The quantitative estimate of drug-likeness (QED) is 0.591. The zero-order chi connectivity index (χ0) is 17.3. The predicted octanol–water partition coefficient (Wildman–Crippen LogP) is 3.99. The molecule has 3 rings (SSSR count). The zero-order valence-electron chi connectivity index (χ0n) is 12.1. The number of aliphatic carboxylic acids is 1. The summed E-state index contributed by atoms with van der Waals surface area (Å²) in [6.07, 6.45) is 1.57. The van der Waals surface area contributed by atoms with Crippen LogP contribution in [-0.4, -0.2) is 32.7 Å². The van der Waals surface area contributed by atoms with Crippen LogP contribution in [0.15, 0.2) is 50.2 Å². The fraction of sp³-hybridized carbons (Fsp3) is 0.0625. The Morgan fingerprint density at radius 3 is 2.88 bits per heavy atom. The molecule has 0 aliphatic carbocycles. The van der Waals surface area contributed by atoms with E-state index in [1.165, 1.54) is 0 Å². The van der Waals surface area contributed by atoms with Crippen LogP contribution >= 0.6 is 39.9 Å². The molecule has 0 atom stereocenters. The van der Waals surface area contributed by atoms with Gasteiger partial charge in [0.05, 0.1) is 4.91 Å². The Morgan fingerprint density at radius 2 is 2.17 bits per heavy atom. The minimum atomic E-state index is -1.11. The number of furan rings is 1. The van der Waals surface area contributed by atoms with Gasteiger partial charge in [-0.05, 0) is 24.3 Å². The second-order valence-electron chi connectivity index (χ2n) is 4.87. The molecule has 5 nitrogen and oxygen atoms in total. The van der Waals surface area contributed by atoms with Crippen molar-refractivity contribution in [3.05, 3.63) is 51.5 Å². The second-order valence-corrected chi connectivity index (χ2v) is 7.47. The number of carbonyl (C=O) groups is 2. The van der Waals surface area contributed by atoms with E-state index in [2.05, 4.69) is 15.9 Å². The van der Waals surface area contributed by atoms with Crippen molar-refractivity contribution in [2.75, 3.05) is 6.54 Å². The Bertz CT molecular complexity index is 874. The number of hydrogen-bond acceptors (Lipinski definition) is 5. The van der Waals surface area contributed by atoms with E-state index >= 15 is 0 Å². The first-order chi connectivity index (χ1) is 11.4. The first-order valence-corrected chi connectivity index (χ1v) is 8.79. The molecule has 0 radical (unpaired) electrons. The van der Waals surface area contributed by atoms with Crippen molar-refractivity contribution in [2.45, 2.75) is 0 Å². The molecule has 24 heavy (non-hydrogen) atoms. The summed E-state index contributed by atoms with van der Waals surface area (Å²) < 4.78 is 6.91. The van der Waals surface area contributed by atoms with Gasteiger partial charge in [-0.1, -0.05) is 52.0 Å². The number of amides is 1. The van der Waals surface area contributed by atoms with Crippen molar-refractivity contribution < 1.29 is 19.1 Å².